The van der Waals surface area contributed by atoms with E-state index in [4.69, 9.17) is 4.74 Å². The Bertz CT molecular complexity index is 1400. The normalized spacial score (nSPS) is 11.9. The Morgan fingerprint density at radius 3 is 2.33 bits per heavy atom. The third-order valence-electron chi connectivity index (χ3n) is 6.48. The zero-order valence-corrected chi connectivity index (χ0v) is 25.7. The second-order valence-electron chi connectivity index (χ2n) is 9.47. The van der Waals surface area contributed by atoms with E-state index in [0.29, 0.717) is 12.3 Å². The van der Waals surface area contributed by atoms with Crippen molar-refractivity contribution in [3.63, 3.8) is 0 Å². The van der Waals surface area contributed by atoms with Gasteiger partial charge in [-0.1, -0.05) is 65.7 Å². The Morgan fingerprint density at radius 1 is 1.02 bits per heavy atom. The lowest BCUT2D eigenvalue weighted by Gasteiger charge is -2.32. The first-order valence-electron chi connectivity index (χ1n) is 13.1. The predicted molar refractivity (Wildman–Crippen MR) is 161 cm³/mol. The van der Waals surface area contributed by atoms with Crippen LogP contribution >= 0.6 is 15.9 Å². The number of unbranched alkanes of at least 4 members (excludes halogenated alkanes) is 1. The number of halogens is 1. The molecule has 8 nitrogen and oxygen atoms in total. The van der Waals surface area contributed by atoms with Gasteiger partial charge in [-0.25, -0.2) is 8.42 Å². The smallest absolute Gasteiger partial charge is 0.264 e. The van der Waals surface area contributed by atoms with Crippen molar-refractivity contribution in [2.45, 2.75) is 51.1 Å². The summed E-state index contributed by atoms with van der Waals surface area (Å²) in [5, 5.41) is 2.89. The van der Waals surface area contributed by atoms with Crippen LogP contribution in [0, 0.1) is 6.92 Å². The topological polar surface area (TPSA) is 96.0 Å². The molecule has 1 N–H and O–H groups in total. The van der Waals surface area contributed by atoms with Crippen molar-refractivity contribution in [3.05, 3.63) is 88.4 Å². The molecule has 3 rings (SSSR count). The molecule has 0 aliphatic heterocycles. The largest absolute Gasteiger partial charge is 0.495 e. The molecular weight excluding hydrogens is 594 g/mol. The summed E-state index contributed by atoms with van der Waals surface area (Å²) in [6.07, 6.45) is 1.73. The summed E-state index contributed by atoms with van der Waals surface area (Å²) >= 11 is 3.42. The highest BCUT2D eigenvalue weighted by molar-refractivity contribution is 9.10. The maximum atomic E-state index is 14.0. The number of nitrogens with zero attached hydrogens (tertiary/aromatic N) is 2. The fourth-order valence-corrected chi connectivity index (χ4v) is 5.84. The number of carbonyl (C=O) groups excluding carboxylic acids is 2. The first kappa shape index (κ1) is 31.2. The average Bonchev–Trinajstić information content (AvgIpc) is 2.95. The lowest BCUT2D eigenvalue weighted by Crippen LogP contribution is -2.51. The summed E-state index contributed by atoms with van der Waals surface area (Å²) in [7, 11) is -2.72. The summed E-state index contributed by atoms with van der Waals surface area (Å²) in [6.45, 7) is 5.61. The van der Waals surface area contributed by atoms with Gasteiger partial charge in [0.2, 0.25) is 11.8 Å². The van der Waals surface area contributed by atoms with Gasteiger partial charge in [0.15, 0.2) is 0 Å². The maximum absolute atomic E-state index is 14.0. The van der Waals surface area contributed by atoms with Crippen LogP contribution in [0.3, 0.4) is 0 Å². The van der Waals surface area contributed by atoms with E-state index >= 15 is 0 Å². The number of nitrogens with one attached hydrogen (secondary N) is 1. The number of methoxy groups -OCH3 is 1. The SMILES string of the molecule is CCCCNC(=O)C(C)N(Cc1ccc(Br)cc1)C(=O)CN(c1cc(C)ccc1OC)S(=O)(=O)c1ccccc1. The van der Waals surface area contributed by atoms with E-state index in [2.05, 4.69) is 21.2 Å². The molecule has 3 aromatic carbocycles. The van der Waals surface area contributed by atoms with Crippen molar-refractivity contribution in [1.82, 2.24) is 10.2 Å². The molecule has 0 spiro atoms. The van der Waals surface area contributed by atoms with Crippen molar-refractivity contribution in [3.8, 4) is 5.75 Å². The predicted octanol–water partition coefficient (Wildman–Crippen LogP) is 5.30. The summed E-state index contributed by atoms with van der Waals surface area (Å²) < 4.78 is 35.4. The Labute approximate surface area is 245 Å². The van der Waals surface area contributed by atoms with Gasteiger partial charge in [-0.15, -0.1) is 0 Å². The van der Waals surface area contributed by atoms with Gasteiger partial charge in [-0.2, -0.15) is 0 Å². The first-order chi connectivity index (χ1) is 19.1. The van der Waals surface area contributed by atoms with E-state index in [1.165, 1.54) is 24.1 Å². The van der Waals surface area contributed by atoms with E-state index in [1.54, 1.807) is 43.3 Å². The Balaban J connectivity index is 2.05. The number of benzene rings is 3. The standard InChI is InChI=1S/C30H36BrN3O5S/c1-5-6-18-32-30(36)23(3)33(20-24-13-15-25(31)16-14-24)29(35)21-34(27-19-22(2)12-17-28(27)39-4)40(37,38)26-10-8-7-9-11-26/h7-17,19,23H,5-6,18,20-21H2,1-4H3,(H,32,36). The molecule has 1 unspecified atom stereocenters. The minimum absolute atomic E-state index is 0.0381. The number of amides is 2. The Hall–Kier alpha value is -3.37. The second-order valence-corrected chi connectivity index (χ2v) is 12.2. The fraction of sp³-hybridized carbons (Fsp3) is 0.333. The van der Waals surface area contributed by atoms with E-state index < -0.39 is 28.5 Å². The van der Waals surface area contributed by atoms with Crippen molar-refractivity contribution in [1.29, 1.82) is 0 Å². The van der Waals surface area contributed by atoms with Gasteiger partial charge < -0.3 is 15.0 Å². The summed E-state index contributed by atoms with van der Waals surface area (Å²) in [5.74, 6) is -0.517. The minimum Gasteiger partial charge on any atom is -0.495 e. The molecule has 0 aliphatic rings. The molecule has 10 heteroatoms. The number of ether oxygens (including phenoxy) is 1. The van der Waals surface area contributed by atoms with Gasteiger partial charge in [0.25, 0.3) is 10.0 Å². The Kier molecular flexibility index (Phi) is 11.2. The van der Waals surface area contributed by atoms with Crippen LogP contribution in [0.5, 0.6) is 5.75 Å². The van der Waals surface area contributed by atoms with Crippen LogP contribution in [0.1, 0.15) is 37.8 Å². The van der Waals surface area contributed by atoms with Crippen LogP contribution in [0.4, 0.5) is 5.69 Å². The van der Waals surface area contributed by atoms with Crippen LogP contribution in [0.15, 0.2) is 82.2 Å². The quantitative estimate of drug-likeness (QED) is 0.259. The molecule has 0 aliphatic carbocycles. The van der Waals surface area contributed by atoms with Crippen molar-refractivity contribution >= 4 is 43.5 Å². The van der Waals surface area contributed by atoms with E-state index in [0.717, 1.165) is 32.7 Å². The molecule has 0 saturated heterocycles. The van der Waals surface area contributed by atoms with E-state index in [9.17, 15) is 18.0 Å². The van der Waals surface area contributed by atoms with Crippen molar-refractivity contribution < 1.29 is 22.7 Å². The molecule has 0 radical (unpaired) electrons. The first-order valence-corrected chi connectivity index (χ1v) is 15.4. The highest BCUT2D eigenvalue weighted by atomic mass is 79.9. The highest BCUT2D eigenvalue weighted by Crippen LogP contribution is 2.33. The summed E-state index contributed by atoms with van der Waals surface area (Å²) in [4.78, 5) is 28.5. The second kappa shape index (κ2) is 14.3. The molecule has 0 aromatic heterocycles. The molecule has 0 bridgehead atoms. The number of carbonyl (C=O) groups is 2. The monoisotopic (exact) mass is 629 g/mol. The lowest BCUT2D eigenvalue weighted by molar-refractivity contribution is -0.139. The number of hydrogen-bond acceptors (Lipinski definition) is 5. The number of hydrogen-bond donors (Lipinski definition) is 1. The number of rotatable bonds is 13. The van der Waals surface area contributed by atoms with Crippen molar-refractivity contribution in [2.24, 2.45) is 0 Å². The number of sulfonamides is 1. The van der Waals surface area contributed by atoms with E-state index in [-0.39, 0.29) is 23.0 Å². The fourth-order valence-electron chi connectivity index (χ4n) is 4.13. The average molecular weight is 631 g/mol. The van der Waals surface area contributed by atoms with E-state index in [1.807, 2.05) is 38.1 Å². The third kappa shape index (κ3) is 7.85. The molecule has 0 heterocycles. The zero-order valence-electron chi connectivity index (χ0n) is 23.3. The maximum Gasteiger partial charge on any atom is 0.264 e. The molecule has 40 heavy (non-hydrogen) atoms. The van der Waals surface area contributed by atoms with Gasteiger partial charge in [0.05, 0.1) is 17.7 Å². The molecule has 1 atom stereocenters. The number of anilines is 1. The van der Waals surface area contributed by atoms with Gasteiger partial charge >= 0.3 is 0 Å². The minimum atomic E-state index is -4.17. The summed E-state index contributed by atoms with van der Waals surface area (Å²) in [6, 6.07) is 19.7. The molecule has 214 valence electrons. The van der Waals surface area contributed by atoms with Crippen LogP contribution in [0.2, 0.25) is 0 Å². The Morgan fingerprint density at radius 2 is 1.70 bits per heavy atom. The third-order valence-corrected chi connectivity index (χ3v) is 8.78. The van der Waals surface area contributed by atoms with Gasteiger partial charge in [-0.3, -0.25) is 13.9 Å². The molecular formula is C30H36BrN3O5S. The van der Waals surface area contributed by atoms with Crippen LogP contribution in [-0.2, 0) is 26.2 Å². The molecule has 0 saturated carbocycles. The lowest BCUT2D eigenvalue weighted by atomic mass is 10.1. The number of aryl methyl sites for hydroxylation is 1. The van der Waals surface area contributed by atoms with Crippen LogP contribution in [-0.4, -0.2) is 51.4 Å². The van der Waals surface area contributed by atoms with Crippen LogP contribution in [0.25, 0.3) is 0 Å². The van der Waals surface area contributed by atoms with Gasteiger partial charge in [0, 0.05) is 17.6 Å². The molecule has 0 fully saturated rings. The summed E-state index contributed by atoms with van der Waals surface area (Å²) in [5.41, 5.74) is 1.84. The van der Waals surface area contributed by atoms with Gasteiger partial charge in [0.1, 0.15) is 18.3 Å². The molecule has 2 amide bonds. The van der Waals surface area contributed by atoms with Crippen LogP contribution < -0.4 is 14.4 Å². The van der Waals surface area contributed by atoms with Crippen molar-refractivity contribution in [2.75, 3.05) is 24.5 Å². The molecule has 3 aromatic rings. The highest BCUT2D eigenvalue weighted by Gasteiger charge is 2.33. The zero-order chi connectivity index (χ0) is 29.3. The van der Waals surface area contributed by atoms with Gasteiger partial charge in [-0.05, 0) is 67.8 Å².